The monoisotopic (exact) mass is 359 g/mol. The summed E-state index contributed by atoms with van der Waals surface area (Å²) in [5, 5.41) is 0. The number of aromatic nitrogens is 2. The van der Waals surface area contributed by atoms with Crippen molar-refractivity contribution in [3.05, 3.63) is 71.6 Å². The number of para-hydroxylation sites is 2. The molecule has 0 unspecified atom stereocenters. The number of carbonyl (C=O) groups excluding carboxylic acids is 1. The summed E-state index contributed by atoms with van der Waals surface area (Å²) < 4.78 is 2.22. The van der Waals surface area contributed by atoms with Gasteiger partial charge in [0.2, 0.25) is 5.91 Å². The lowest BCUT2D eigenvalue weighted by molar-refractivity contribution is -0.117. The Morgan fingerprint density at radius 1 is 1.22 bits per heavy atom. The van der Waals surface area contributed by atoms with Crippen molar-refractivity contribution in [1.82, 2.24) is 9.55 Å². The number of fused-ring (bicyclic) bond motifs is 1. The molecule has 138 valence electrons. The van der Waals surface area contributed by atoms with Crippen LogP contribution < -0.4 is 4.90 Å². The first-order valence-corrected chi connectivity index (χ1v) is 9.41. The van der Waals surface area contributed by atoms with Gasteiger partial charge in [-0.15, -0.1) is 0 Å². The highest BCUT2D eigenvalue weighted by Gasteiger charge is 2.35. The van der Waals surface area contributed by atoms with Gasteiger partial charge in [0.15, 0.2) is 0 Å². The number of rotatable bonds is 4. The van der Waals surface area contributed by atoms with Gasteiger partial charge in [0.1, 0.15) is 5.82 Å². The maximum Gasteiger partial charge on any atom is 0.227 e. The lowest BCUT2D eigenvalue weighted by Crippen LogP contribution is -2.25. The lowest BCUT2D eigenvalue weighted by Gasteiger charge is -2.20. The van der Waals surface area contributed by atoms with Gasteiger partial charge in [0.05, 0.1) is 11.0 Å². The maximum absolute atomic E-state index is 12.8. The summed E-state index contributed by atoms with van der Waals surface area (Å²) in [6.07, 6.45) is 0.493. The molecule has 2 heterocycles. The average Bonchev–Trinajstić information content (AvgIpc) is 3.18. The molecule has 2 aromatic carbocycles. The number of carbonyl (C=O) groups is 1. The van der Waals surface area contributed by atoms with E-state index in [0.29, 0.717) is 13.0 Å². The topological polar surface area (TPSA) is 38.1 Å². The molecule has 1 aliphatic heterocycles. The Bertz CT molecular complexity index is 1050. The van der Waals surface area contributed by atoms with Crippen molar-refractivity contribution in [2.24, 2.45) is 0 Å². The van der Waals surface area contributed by atoms with Crippen molar-refractivity contribution < 1.29 is 4.79 Å². The van der Waals surface area contributed by atoms with Gasteiger partial charge in [-0.1, -0.05) is 36.4 Å². The van der Waals surface area contributed by atoms with Gasteiger partial charge >= 0.3 is 0 Å². The summed E-state index contributed by atoms with van der Waals surface area (Å²) in [7, 11) is 0. The summed E-state index contributed by atoms with van der Waals surface area (Å²) in [6, 6.07) is 14.4. The number of hydrogen-bond donors (Lipinski definition) is 0. The molecule has 0 N–H and O–H groups in total. The van der Waals surface area contributed by atoms with E-state index in [1.54, 1.807) is 0 Å². The molecule has 1 saturated heterocycles. The number of nitrogens with zero attached hydrogens (tertiary/aromatic N) is 3. The molecule has 3 aromatic rings. The van der Waals surface area contributed by atoms with Crippen LogP contribution >= 0.6 is 0 Å². The van der Waals surface area contributed by atoms with E-state index in [1.807, 2.05) is 30.0 Å². The lowest BCUT2D eigenvalue weighted by atomic mass is 10.1. The van der Waals surface area contributed by atoms with Crippen LogP contribution in [-0.2, 0) is 11.3 Å². The fraction of sp³-hybridized carbons (Fsp3) is 0.304. The van der Waals surface area contributed by atoms with Gasteiger partial charge in [0.25, 0.3) is 0 Å². The molecule has 1 aliphatic rings. The molecule has 1 amide bonds. The van der Waals surface area contributed by atoms with Gasteiger partial charge in [-0.25, -0.2) is 4.98 Å². The van der Waals surface area contributed by atoms with Crippen molar-refractivity contribution in [3.8, 4) is 0 Å². The number of allylic oxidation sites excluding steroid dienone is 1. The smallest absolute Gasteiger partial charge is 0.227 e. The third kappa shape index (κ3) is 3.16. The highest BCUT2D eigenvalue weighted by atomic mass is 16.2. The van der Waals surface area contributed by atoms with Gasteiger partial charge in [-0.05, 0) is 50.1 Å². The van der Waals surface area contributed by atoms with Crippen LogP contribution in [0.1, 0.15) is 36.2 Å². The Balaban J connectivity index is 1.74. The van der Waals surface area contributed by atoms with Crippen LogP contribution in [0.5, 0.6) is 0 Å². The van der Waals surface area contributed by atoms with Crippen molar-refractivity contribution in [3.63, 3.8) is 0 Å². The molecule has 0 aliphatic carbocycles. The Morgan fingerprint density at radius 2 is 2.00 bits per heavy atom. The van der Waals surface area contributed by atoms with Gasteiger partial charge in [-0.2, -0.15) is 0 Å². The maximum atomic E-state index is 12.8. The predicted molar refractivity (Wildman–Crippen MR) is 110 cm³/mol. The number of anilines is 1. The van der Waals surface area contributed by atoms with Crippen LogP contribution in [0.25, 0.3) is 11.0 Å². The minimum Gasteiger partial charge on any atom is -0.324 e. The van der Waals surface area contributed by atoms with Crippen LogP contribution in [0.4, 0.5) is 5.69 Å². The summed E-state index contributed by atoms with van der Waals surface area (Å²) in [5.41, 5.74) is 6.48. The summed E-state index contributed by atoms with van der Waals surface area (Å²) >= 11 is 0. The van der Waals surface area contributed by atoms with Crippen LogP contribution in [0, 0.1) is 13.8 Å². The highest BCUT2D eigenvalue weighted by molar-refractivity contribution is 5.97. The van der Waals surface area contributed by atoms with E-state index in [0.717, 1.165) is 40.2 Å². The van der Waals surface area contributed by atoms with E-state index >= 15 is 0 Å². The number of benzene rings is 2. The molecule has 0 saturated carbocycles. The largest absolute Gasteiger partial charge is 0.324 e. The van der Waals surface area contributed by atoms with Crippen LogP contribution in [0.15, 0.2) is 54.6 Å². The van der Waals surface area contributed by atoms with Gasteiger partial charge < -0.3 is 9.47 Å². The molecule has 0 spiro atoms. The van der Waals surface area contributed by atoms with Crippen molar-refractivity contribution >= 4 is 22.6 Å². The fourth-order valence-electron chi connectivity index (χ4n) is 3.97. The van der Waals surface area contributed by atoms with Crippen molar-refractivity contribution in [2.45, 2.75) is 39.7 Å². The summed E-state index contributed by atoms with van der Waals surface area (Å²) in [6.45, 7) is 11.6. The molecule has 27 heavy (non-hydrogen) atoms. The first-order valence-electron chi connectivity index (χ1n) is 9.41. The molecule has 1 atom stereocenters. The Labute approximate surface area is 160 Å². The Hall–Kier alpha value is -2.88. The van der Waals surface area contributed by atoms with Crippen molar-refractivity contribution in [1.29, 1.82) is 0 Å². The molecule has 4 rings (SSSR count). The standard InChI is InChI=1S/C23H25N3O/c1-15(2)13-26-20-8-6-5-7-19(20)24-23(26)18-12-22(27)25(14-18)21-11-16(3)9-10-17(21)4/h5-11,18H,1,12-14H2,2-4H3/t18-/m1/s1. The van der Waals surface area contributed by atoms with Crippen LogP contribution in [0.3, 0.4) is 0 Å². The molecule has 4 nitrogen and oxygen atoms in total. The van der Waals surface area contributed by atoms with Gasteiger partial charge in [0, 0.05) is 31.1 Å². The zero-order valence-corrected chi connectivity index (χ0v) is 16.2. The van der Waals surface area contributed by atoms with E-state index in [-0.39, 0.29) is 11.8 Å². The minimum atomic E-state index is 0.0872. The number of hydrogen-bond acceptors (Lipinski definition) is 2. The summed E-state index contributed by atoms with van der Waals surface area (Å²) in [4.78, 5) is 19.7. The normalized spacial score (nSPS) is 17.1. The molecule has 1 fully saturated rings. The number of aryl methyl sites for hydroxylation is 2. The van der Waals surface area contributed by atoms with E-state index in [4.69, 9.17) is 4.98 Å². The quantitative estimate of drug-likeness (QED) is 0.631. The predicted octanol–water partition coefficient (Wildman–Crippen LogP) is 4.75. The van der Waals surface area contributed by atoms with E-state index in [9.17, 15) is 4.79 Å². The zero-order chi connectivity index (χ0) is 19.1. The molecule has 1 aromatic heterocycles. The number of amides is 1. The second-order valence-electron chi connectivity index (χ2n) is 7.70. The fourth-order valence-corrected chi connectivity index (χ4v) is 3.97. The Kier molecular flexibility index (Phi) is 4.34. The van der Waals surface area contributed by atoms with E-state index < -0.39 is 0 Å². The second-order valence-corrected chi connectivity index (χ2v) is 7.70. The van der Waals surface area contributed by atoms with Gasteiger partial charge in [-0.3, -0.25) is 4.79 Å². The Morgan fingerprint density at radius 3 is 2.78 bits per heavy atom. The van der Waals surface area contributed by atoms with Crippen LogP contribution in [-0.4, -0.2) is 22.0 Å². The SMILES string of the molecule is C=C(C)Cn1c([C@@H]2CC(=O)N(c3cc(C)ccc3C)C2)nc2ccccc21. The molecule has 0 bridgehead atoms. The van der Waals surface area contributed by atoms with Crippen molar-refractivity contribution in [2.75, 3.05) is 11.4 Å². The second kappa shape index (κ2) is 6.69. The average molecular weight is 359 g/mol. The van der Waals surface area contributed by atoms with E-state index in [2.05, 4.69) is 49.3 Å². The molecular weight excluding hydrogens is 334 g/mol. The van der Waals surface area contributed by atoms with E-state index in [1.165, 1.54) is 5.56 Å². The highest BCUT2D eigenvalue weighted by Crippen LogP contribution is 2.35. The van der Waals surface area contributed by atoms with Crippen LogP contribution in [0.2, 0.25) is 0 Å². The zero-order valence-electron chi connectivity index (χ0n) is 16.2. The first kappa shape index (κ1) is 17.5. The summed E-state index contributed by atoms with van der Waals surface area (Å²) in [5.74, 6) is 1.24. The molecular formula is C23H25N3O. The third-order valence-electron chi connectivity index (χ3n) is 5.26. The molecule has 4 heteroatoms. The third-order valence-corrected chi connectivity index (χ3v) is 5.26. The molecule has 0 radical (unpaired) electrons. The minimum absolute atomic E-state index is 0.0872. The number of imidazole rings is 1. The first-order chi connectivity index (χ1) is 12.9.